The van der Waals surface area contributed by atoms with Crippen LogP contribution in [0.5, 0.6) is 0 Å². The number of hydrogen-bond donors (Lipinski definition) is 2. The van der Waals surface area contributed by atoms with E-state index in [2.05, 4.69) is 15.0 Å². The van der Waals surface area contributed by atoms with E-state index in [1.54, 1.807) is 10.9 Å². The van der Waals surface area contributed by atoms with Crippen LogP contribution in [0.4, 0.5) is 5.82 Å². The first kappa shape index (κ1) is 12.8. The summed E-state index contributed by atoms with van der Waals surface area (Å²) in [5, 5.41) is 9.16. The smallest absolute Gasteiger partial charge is 0.183 e. The van der Waals surface area contributed by atoms with Crippen molar-refractivity contribution in [1.82, 2.24) is 19.5 Å². The van der Waals surface area contributed by atoms with Gasteiger partial charge in [0.1, 0.15) is 18.2 Å². The largest absolute Gasteiger partial charge is 0.394 e. The van der Waals surface area contributed by atoms with Crippen LogP contribution in [0.1, 0.15) is 0 Å². The Labute approximate surface area is 104 Å². The van der Waals surface area contributed by atoms with E-state index >= 15 is 0 Å². The number of anilines is 1. The zero-order valence-electron chi connectivity index (χ0n) is 9.43. The van der Waals surface area contributed by atoms with Crippen LogP contribution < -0.4 is 5.73 Å². The highest BCUT2D eigenvalue weighted by Crippen LogP contribution is 2.15. The molecule has 2 heterocycles. The Morgan fingerprint density at radius 1 is 1.50 bits per heavy atom. The zero-order valence-corrected chi connectivity index (χ0v) is 10.3. The molecule has 0 spiro atoms. The molecule has 0 aliphatic rings. The fraction of sp³-hybridized carbons (Fsp3) is 0.444. The first-order chi connectivity index (χ1) is 8.76. The number of ether oxygens (including phenoxy) is 1. The van der Waals surface area contributed by atoms with Gasteiger partial charge in [-0.1, -0.05) is 0 Å². The lowest BCUT2D eigenvalue weighted by atomic mass is 10.3. The van der Waals surface area contributed by atoms with Gasteiger partial charge in [-0.05, 0) is 0 Å². The van der Waals surface area contributed by atoms with Crippen molar-refractivity contribution in [3.05, 3.63) is 12.7 Å². The average molecular weight is 269 g/mol. The molecule has 0 aromatic carbocycles. The van der Waals surface area contributed by atoms with E-state index in [4.69, 9.17) is 15.6 Å². The van der Waals surface area contributed by atoms with Crippen LogP contribution in [0.25, 0.3) is 11.2 Å². The lowest BCUT2D eigenvalue weighted by molar-refractivity contribution is 0.0278. The van der Waals surface area contributed by atoms with Crippen molar-refractivity contribution in [2.24, 2.45) is 0 Å². The minimum absolute atomic E-state index is 0.0367. The summed E-state index contributed by atoms with van der Waals surface area (Å²) < 4.78 is 17.2. The molecule has 0 saturated heterocycles. The highest BCUT2D eigenvalue weighted by molar-refractivity contribution is 7.23. The second-order valence-corrected chi connectivity index (χ2v) is 4.07. The molecular weight excluding hydrogens is 257 g/mol. The molecular formula is C9H12N5O3P. The number of nitrogens with zero attached hydrogens (tertiary/aromatic N) is 4. The summed E-state index contributed by atoms with van der Waals surface area (Å²) in [6.07, 6.45) is 2.46. The number of nitrogens with two attached hydrogens (primary N) is 1. The predicted octanol–water partition coefficient (Wildman–Crippen LogP) is 0.0352. The second kappa shape index (κ2) is 5.81. The zero-order chi connectivity index (χ0) is 13.0. The van der Waals surface area contributed by atoms with Crippen molar-refractivity contribution in [1.29, 1.82) is 0 Å². The molecule has 3 N–H and O–H groups in total. The Kier molecular flexibility index (Phi) is 4.14. The summed E-state index contributed by atoms with van der Waals surface area (Å²) in [6.45, 7) is 0.161. The van der Waals surface area contributed by atoms with Crippen molar-refractivity contribution in [3.63, 3.8) is 0 Å². The number of hydrogen-bond acceptors (Lipinski definition) is 7. The number of fused-ring (bicyclic) bond motifs is 1. The number of nitrogen functional groups attached to an aromatic ring is 1. The van der Waals surface area contributed by atoms with Crippen molar-refractivity contribution in [3.8, 4) is 0 Å². The van der Waals surface area contributed by atoms with Crippen LogP contribution in [-0.2, 0) is 15.8 Å². The van der Waals surface area contributed by atoms with Crippen LogP contribution in [-0.4, -0.2) is 43.7 Å². The van der Waals surface area contributed by atoms with Crippen molar-refractivity contribution in [2.75, 3.05) is 18.7 Å². The molecule has 18 heavy (non-hydrogen) atoms. The van der Waals surface area contributed by atoms with Gasteiger partial charge in [-0.25, -0.2) is 15.0 Å². The summed E-state index contributed by atoms with van der Waals surface area (Å²) in [5.74, 6) is 0.304. The van der Waals surface area contributed by atoms with E-state index in [0.717, 1.165) is 0 Å². The number of imidazole rings is 1. The molecule has 0 bridgehead atoms. The number of rotatable bonds is 6. The standard InChI is InChI=1S/C9H12N5O3P/c10-8-7-9(12-3-11-8)14(4-13-7)1-6(2-15)17-5-18-16/h3-4,6,15H,1-2,5H2,(H2,10,11,12)/t6-/m0/s1. The summed E-state index contributed by atoms with van der Waals surface area (Å²) in [4.78, 5) is 12.0. The Balaban J connectivity index is 2.20. The molecule has 2 aromatic rings. The number of aliphatic hydroxyl groups excluding tert-OH is 1. The SMILES string of the molecule is Nc1ncnc2c1ncn2C[C@@H](CO)OCP=O. The van der Waals surface area contributed by atoms with Gasteiger partial charge in [0, 0.05) is 0 Å². The van der Waals surface area contributed by atoms with Gasteiger partial charge in [0.05, 0.1) is 25.6 Å². The molecule has 0 radical (unpaired) electrons. The number of aliphatic hydroxyl groups is 1. The van der Waals surface area contributed by atoms with Gasteiger partial charge < -0.3 is 20.1 Å². The van der Waals surface area contributed by atoms with E-state index < -0.39 is 6.10 Å². The molecule has 0 unspecified atom stereocenters. The molecule has 1 atom stereocenters. The maximum absolute atomic E-state index is 10.3. The van der Waals surface area contributed by atoms with Crippen LogP contribution in [0.3, 0.4) is 0 Å². The first-order valence-corrected chi connectivity index (χ1v) is 6.19. The van der Waals surface area contributed by atoms with Gasteiger partial charge in [-0.3, -0.25) is 4.57 Å². The lowest BCUT2D eigenvalue weighted by Crippen LogP contribution is -2.23. The summed E-state index contributed by atoms with van der Waals surface area (Å²) >= 11 is 0. The minimum atomic E-state index is -0.472. The average Bonchev–Trinajstić information content (AvgIpc) is 2.79. The Morgan fingerprint density at radius 3 is 3.06 bits per heavy atom. The van der Waals surface area contributed by atoms with Gasteiger partial charge in [-0.2, -0.15) is 0 Å². The second-order valence-electron chi connectivity index (χ2n) is 3.56. The van der Waals surface area contributed by atoms with Crippen LogP contribution in [0.15, 0.2) is 12.7 Å². The van der Waals surface area contributed by atoms with E-state index in [-0.39, 0.29) is 21.4 Å². The molecule has 96 valence electrons. The Morgan fingerprint density at radius 2 is 2.33 bits per heavy atom. The Bertz CT molecular complexity index is 546. The third kappa shape index (κ3) is 2.61. The fourth-order valence-electron chi connectivity index (χ4n) is 1.55. The summed E-state index contributed by atoms with van der Waals surface area (Å²) in [7, 11) is -0.121. The molecule has 2 aromatic heterocycles. The monoisotopic (exact) mass is 269 g/mol. The van der Waals surface area contributed by atoms with Crippen LogP contribution in [0.2, 0.25) is 0 Å². The molecule has 0 fully saturated rings. The van der Waals surface area contributed by atoms with Crippen molar-refractivity contribution in [2.45, 2.75) is 12.6 Å². The minimum Gasteiger partial charge on any atom is -0.394 e. The molecule has 8 nitrogen and oxygen atoms in total. The van der Waals surface area contributed by atoms with Gasteiger partial charge in [-0.15, -0.1) is 0 Å². The molecule has 2 rings (SSSR count). The van der Waals surface area contributed by atoms with Crippen molar-refractivity contribution < 1.29 is 14.4 Å². The third-order valence-electron chi connectivity index (χ3n) is 2.40. The fourth-order valence-corrected chi connectivity index (χ4v) is 1.82. The first-order valence-electron chi connectivity index (χ1n) is 5.19. The maximum Gasteiger partial charge on any atom is 0.183 e. The van der Waals surface area contributed by atoms with Crippen LogP contribution >= 0.6 is 8.46 Å². The van der Waals surface area contributed by atoms with E-state index in [1.807, 2.05) is 0 Å². The topological polar surface area (TPSA) is 116 Å². The molecule has 0 aliphatic carbocycles. The summed E-state index contributed by atoms with van der Waals surface area (Å²) in [5.41, 5.74) is 6.75. The molecule has 0 amide bonds. The van der Waals surface area contributed by atoms with Crippen LogP contribution in [0, 0.1) is 0 Å². The predicted molar refractivity (Wildman–Crippen MR) is 64.2 cm³/mol. The van der Waals surface area contributed by atoms with Gasteiger partial charge >= 0.3 is 0 Å². The quantitative estimate of drug-likeness (QED) is 0.711. The van der Waals surface area contributed by atoms with Gasteiger partial charge in [0.2, 0.25) is 0 Å². The Hall–Kier alpha value is -1.63. The summed E-state index contributed by atoms with van der Waals surface area (Å²) in [6, 6.07) is 0. The molecule has 0 aliphatic heterocycles. The van der Waals surface area contributed by atoms with E-state index in [9.17, 15) is 4.57 Å². The van der Waals surface area contributed by atoms with E-state index in [1.165, 1.54) is 6.33 Å². The maximum atomic E-state index is 10.3. The number of aromatic nitrogens is 4. The van der Waals surface area contributed by atoms with Gasteiger partial charge in [0.25, 0.3) is 0 Å². The molecule has 9 heteroatoms. The van der Waals surface area contributed by atoms with E-state index in [0.29, 0.717) is 23.5 Å². The van der Waals surface area contributed by atoms with Crippen molar-refractivity contribution >= 4 is 25.4 Å². The van der Waals surface area contributed by atoms with Gasteiger partial charge in [0.15, 0.2) is 19.9 Å². The molecule has 0 saturated carbocycles. The lowest BCUT2D eigenvalue weighted by Gasteiger charge is -2.14. The highest BCUT2D eigenvalue weighted by Gasteiger charge is 2.13. The highest BCUT2D eigenvalue weighted by atomic mass is 31.1. The normalized spacial score (nSPS) is 13.2. The third-order valence-corrected chi connectivity index (χ3v) is 2.65.